The van der Waals surface area contributed by atoms with Crippen molar-refractivity contribution in [2.24, 2.45) is 5.73 Å². The van der Waals surface area contributed by atoms with E-state index in [0.717, 1.165) is 5.56 Å². The van der Waals surface area contributed by atoms with Crippen LogP contribution in [0.1, 0.15) is 37.8 Å². The molecule has 0 saturated carbocycles. The Morgan fingerprint density at radius 1 is 1.18 bits per heavy atom. The lowest BCUT2D eigenvalue weighted by Gasteiger charge is -2.27. The van der Waals surface area contributed by atoms with Gasteiger partial charge in [0.2, 0.25) is 10.0 Å². The summed E-state index contributed by atoms with van der Waals surface area (Å²) in [6, 6.07) is 3.37. The molecule has 0 atom stereocenters. The molecule has 7 heteroatoms. The van der Waals surface area contributed by atoms with Crippen molar-refractivity contribution in [3.63, 3.8) is 0 Å². The number of aryl methyl sites for hydroxylation is 2. The number of benzene rings is 1. The fourth-order valence-electron chi connectivity index (χ4n) is 2.09. The minimum atomic E-state index is -3.58. The van der Waals surface area contributed by atoms with Crippen molar-refractivity contribution in [2.45, 2.75) is 51.0 Å². The first-order valence-corrected chi connectivity index (χ1v) is 8.61. The highest BCUT2D eigenvalue weighted by Crippen LogP contribution is 2.25. The fourth-order valence-corrected chi connectivity index (χ4v) is 3.54. The number of nitrogens with two attached hydrogens (primary N) is 1. The molecule has 128 valence electrons. The van der Waals surface area contributed by atoms with E-state index in [-0.39, 0.29) is 23.8 Å². The molecule has 0 unspecified atom stereocenters. The number of nitrogens with one attached hydrogen (secondary N) is 1. The molecule has 0 bridgehead atoms. The Kier molecular flexibility index (Phi) is 7.85. The minimum Gasteiger partial charge on any atom is -0.496 e. The van der Waals surface area contributed by atoms with Gasteiger partial charge in [-0.1, -0.05) is 13.8 Å². The van der Waals surface area contributed by atoms with E-state index in [4.69, 9.17) is 10.5 Å². The van der Waals surface area contributed by atoms with Crippen LogP contribution in [0.2, 0.25) is 0 Å². The predicted molar refractivity (Wildman–Crippen MR) is 92.4 cm³/mol. The van der Waals surface area contributed by atoms with Gasteiger partial charge in [-0.2, -0.15) is 0 Å². The zero-order valence-corrected chi connectivity index (χ0v) is 15.5. The number of hydrogen-bond acceptors (Lipinski definition) is 4. The van der Waals surface area contributed by atoms with Crippen molar-refractivity contribution in [1.82, 2.24) is 4.72 Å². The van der Waals surface area contributed by atoms with E-state index in [0.29, 0.717) is 24.2 Å². The van der Waals surface area contributed by atoms with E-state index < -0.39 is 15.6 Å². The summed E-state index contributed by atoms with van der Waals surface area (Å²) in [7, 11) is -2.01. The maximum absolute atomic E-state index is 12.5. The number of sulfonamides is 1. The Labute approximate surface area is 140 Å². The average molecular weight is 351 g/mol. The normalized spacial score (nSPS) is 11.9. The summed E-state index contributed by atoms with van der Waals surface area (Å²) in [6.07, 6.45) is 1.43. The van der Waals surface area contributed by atoms with Crippen LogP contribution in [-0.2, 0) is 10.0 Å². The lowest BCUT2D eigenvalue weighted by molar-refractivity contribution is 0.391. The Bertz CT molecular complexity index is 599. The summed E-state index contributed by atoms with van der Waals surface area (Å²) < 4.78 is 32.8. The Morgan fingerprint density at radius 3 is 2.18 bits per heavy atom. The Balaban J connectivity index is 0.00000441. The highest BCUT2D eigenvalue weighted by atomic mass is 35.5. The average Bonchev–Trinajstić information content (AvgIpc) is 2.46. The molecule has 0 fully saturated rings. The smallest absolute Gasteiger partial charge is 0.240 e. The van der Waals surface area contributed by atoms with Crippen LogP contribution < -0.4 is 15.2 Å². The molecule has 1 rings (SSSR count). The van der Waals surface area contributed by atoms with Gasteiger partial charge in [0, 0.05) is 12.1 Å². The number of hydrogen-bond donors (Lipinski definition) is 2. The van der Waals surface area contributed by atoms with Crippen LogP contribution in [0.25, 0.3) is 0 Å². The van der Waals surface area contributed by atoms with E-state index in [2.05, 4.69) is 4.72 Å². The maximum Gasteiger partial charge on any atom is 0.240 e. The van der Waals surface area contributed by atoms with E-state index >= 15 is 0 Å². The lowest BCUT2D eigenvalue weighted by Crippen LogP contribution is -2.49. The predicted octanol–water partition coefficient (Wildman–Crippen LogP) is 2.53. The topological polar surface area (TPSA) is 81.4 Å². The third-order valence-corrected chi connectivity index (χ3v) is 5.55. The highest BCUT2D eigenvalue weighted by Gasteiger charge is 2.25. The summed E-state index contributed by atoms with van der Waals surface area (Å²) in [6.45, 7) is 7.72. The van der Waals surface area contributed by atoms with Crippen LogP contribution in [0.5, 0.6) is 5.75 Å². The maximum atomic E-state index is 12.5. The lowest BCUT2D eigenvalue weighted by atomic mass is 9.95. The van der Waals surface area contributed by atoms with Crippen molar-refractivity contribution in [1.29, 1.82) is 0 Å². The van der Waals surface area contributed by atoms with Crippen LogP contribution in [-0.4, -0.2) is 27.6 Å². The van der Waals surface area contributed by atoms with Crippen LogP contribution in [0.15, 0.2) is 17.0 Å². The van der Waals surface area contributed by atoms with Gasteiger partial charge in [-0.15, -0.1) is 12.4 Å². The van der Waals surface area contributed by atoms with Crippen LogP contribution >= 0.6 is 12.4 Å². The molecule has 0 saturated heterocycles. The van der Waals surface area contributed by atoms with Crippen molar-refractivity contribution in [3.8, 4) is 5.75 Å². The summed E-state index contributed by atoms with van der Waals surface area (Å²) in [5.74, 6) is 0.682. The first kappa shape index (κ1) is 21.2. The van der Waals surface area contributed by atoms with E-state index in [1.54, 1.807) is 26.2 Å². The van der Waals surface area contributed by atoms with E-state index in [9.17, 15) is 8.42 Å². The molecular weight excluding hydrogens is 324 g/mol. The summed E-state index contributed by atoms with van der Waals surface area (Å²) in [4.78, 5) is 0.273. The van der Waals surface area contributed by atoms with Gasteiger partial charge in [0.05, 0.1) is 12.0 Å². The van der Waals surface area contributed by atoms with Gasteiger partial charge < -0.3 is 10.5 Å². The summed E-state index contributed by atoms with van der Waals surface area (Å²) >= 11 is 0. The third kappa shape index (κ3) is 4.84. The highest BCUT2D eigenvalue weighted by molar-refractivity contribution is 7.89. The van der Waals surface area contributed by atoms with Gasteiger partial charge in [0.25, 0.3) is 0 Å². The molecule has 0 aromatic heterocycles. The molecule has 0 spiro atoms. The zero-order chi connectivity index (χ0) is 16.3. The van der Waals surface area contributed by atoms with Crippen molar-refractivity contribution in [2.75, 3.05) is 13.7 Å². The molecule has 0 amide bonds. The minimum absolute atomic E-state index is 0. The first-order valence-electron chi connectivity index (χ1n) is 7.13. The molecule has 1 aromatic rings. The number of halogens is 1. The molecule has 0 aliphatic carbocycles. The van der Waals surface area contributed by atoms with Gasteiger partial charge >= 0.3 is 0 Å². The second kappa shape index (κ2) is 8.15. The van der Waals surface area contributed by atoms with E-state index in [1.807, 2.05) is 20.8 Å². The monoisotopic (exact) mass is 350 g/mol. The molecule has 3 N–H and O–H groups in total. The molecule has 22 heavy (non-hydrogen) atoms. The van der Waals surface area contributed by atoms with Crippen LogP contribution in [0.3, 0.4) is 0 Å². The first-order chi connectivity index (χ1) is 9.69. The van der Waals surface area contributed by atoms with E-state index in [1.165, 1.54) is 0 Å². The fraction of sp³-hybridized carbons (Fsp3) is 0.600. The van der Waals surface area contributed by atoms with Gasteiger partial charge in [-0.25, -0.2) is 13.1 Å². The Hall–Kier alpha value is -0.820. The number of ether oxygens (including phenoxy) is 1. The van der Waals surface area contributed by atoms with Crippen molar-refractivity contribution < 1.29 is 13.2 Å². The quantitative estimate of drug-likeness (QED) is 0.791. The SMILES string of the molecule is CCC(N)(CC)CNS(=O)(=O)c1cc(C)c(OC)cc1C.Cl. The number of rotatable bonds is 7. The molecule has 0 heterocycles. The second-order valence-corrected chi connectivity index (χ2v) is 7.22. The van der Waals surface area contributed by atoms with Gasteiger partial charge in [0.15, 0.2) is 0 Å². The standard InChI is InChI=1S/C15H26N2O3S.ClH/c1-6-15(16,7-2)10-17-21(18,19)14-9-11(3)13(20-5)8-12(14)4;/h8-9,17H,6-7,10,16H2,1-5H3;1H. The zero-order valence-electron chi connectivity index (χ0n) is 13.9. The molecule has 5 nitrogen and oxygen atoms in total. The van der Waals surface area contributed by atoms with Crippen molar-refractivity contribution in [3.05, 3.63) is 23.3 Å². The van der Waals surface area contributed by atoms with Gasteiger partial charge in [-0.3, -0.25) is 0 Å². The second-order valence-electron chi connectivity index (χ2n) is 5.48. The Morgan fingerprint density at radius 2 is 1.73 bits per heavy atom. The summed E-state index contributed by atoms with van der Waals surface area (Å²) in [5.41, 5.74) is 7.08. The van der Waals surface area contributed by atoms with Gasteiger partial charge in [0.1, 0.15) is 5.75 Å². The van der Waals surface area contributed by atoms with Crippen molar-refractivity contribution >= 4 is 22.4 Å². The molecule has 1 aromatic carbocycles. The third-order valence-electron chi connectivity index (χ3n) is 4.00. The van der Waals surface area contributed by atoms with Crippen LogP contribution in [0, 0.1) is 13.8 Å². The summed E-state index contributed by atoms with van der Waals surface area (Å²) in [5, 5.41) is 0. The van der Waals surface area contributed by atoms with Gasteiger partial charge in [-0.05, 0) is 49.9 Å². The number of methoxy groups -OCH3 is 1. The molecular formula is C15H27ClN2O3S. The molecule has 0 radical (unpaired) electrons. The molecule has 0 aliphatic rings. The largest absolute Gasteiger partial charge is 0.496 e. The van der Waals surface area contributed by atoms with Crippen LogP contribution in [0.4, 0.5) is 0 Å². The molecule has 0 aliphatic heterocycles.